The normalized spacial score (nSPS) is 10.8. The van der Waals surface area contributed by atoms with E-state index in [0.29, 0.717) is 27.2 Å². The largest absolute Gasteiger partial charge is 0.478 e. The van der Waals surface area contributed by atoms with Gasteiger partial charge in [0.15, 0.2) is 0 Å². The molecular formula is C14H9Cl2N3O2. The van der Waals surface area contributed by atoms with Gasteiger partial charge in [0, 0.05) is 5.69 Å². The maximum atomic E-state index is 10.9. The number of hydrogen-bond donors (Lipinski definition) is 3. The Balaban J connectivity index is 1.94. The molecule has 5 nitrogen and oxygen atoms in total. The van der Waals surface area contributed by atoms with Gasteiger partial charge < -0.3 is 15.4 Å². The molecule has 0 radical (unpaired) electrons. The zero-order chi connectivity index (χ0) is 15.0. The number of carboxylic acid groups (broad SMARTS) is 1. The number of H-pyrrole nitrogens is 1. The van der Waals surface area contributed by atoms with Gasteiger partial charge in [-0.15, -0.1) is 0 Å². The van der Waals surface area contributed by atoms with Crippen LogP contribution in [0.25, 0.3) is 11.0 Å². The number of halogens is 2. The standard InChI is InChI=1S/C14H9Cl2N3O2/c15-9-5-11-12(6-10(9)16)19-14(18-11)17-8-3-1-2-7(4-8)13(20)21/h1-6H,(H,20,21)(H2,17,18,19). The highest BCUT2D eigenvalue weighted by atomic mass is 35.5. The maximum absolute atomic E-state index is 10.9. The lowest BCUT2D eigenvalue weighted by atomic mass is 10.2. The van der Waals surface area contributed by atoms with E-state index in [9.17, 15) is 4.79 Å². The smallest absolute Gasteiger partial charge is 0.335 e. The molecule has 0 fully saturated rings. The summed E-state index contributed by atoms with van der Waals surface area (Å²) in [4.78, 5) is 18.3. The van der Waals surface area contributed by atoms with Crippen molar-refractivity contribution in [1.82, 2.24) is 9.97 Å². The van der Waals surface area contributed by atoms with Crippen LogP contribution in [-0.4, -0.2) is 21.0 Å². The summed E-state index contributed by atoms with van der Waals surface area (Å²) in [6.07, 6.45) is 0. The zero-order valence-corrected chi connectivity index (χ0v) is 12.0. The van der Waals surface area contributed by atoms with E-state index in [1.165, 1.54) is 12.1 Å². The maximum Gasteiger partial charge on any atom is 0.335 e. The Morgan fingerprint density at radius 2 is 1.95 bits per heavy atom. The van der Waals surface area contributed by atoms with Crippen LogP contribution in [0.5, 0.6) is 0 Å². The minimum absolute atomic E-state index is 0.196. The first kappa shape index (κ1) is 13.7. The van der Waals surface area contributed by atoms with Gasteiger partial charge in [-0.2, -0.15) is 0 Å². The number of imidazole rings is 1. The fourth-order valence-corrected chi connectivity index (χ4v) is 2.25. The van der Waals surface area contributed by atoms with E-state index < -0.39 is 5.97 Å². The molecule has 106 valence electrons. The molecule has 0 bridgehead atoms. The lowest BCUT2D eigenvalue weighted by molar-refractivity contribution is 0.0697. The van der Waals surface area contributed by atoms with Gasteiger partial charge >= 0.3 is 5.97 Å². The first-order valence-corrected chi connectivity index (χ1v) is 6.73. The van der Waals surface area contributed by atoms with E-state index in [2.05, 4.69) is 15.3 Å². The third-order valence-corrected chi connectivity index (χ3v) is 3.62. The number of aromatic nitrogens is 2. The molecule has 0 aliphatic rings. The van der Waals surface area contributed by atoms with Gasteiger partial charge in [-0.05, 0) is 30.3 Å². The van der Waals surface area contributed by atoms with Crippen molar-refractivity contribution < 1.29 is 9.90 Å². The second-order valence-electron chi connectivity index (χ2n) is 4.38. The number of aromatic amines is 1. The predicted molar refractivity (Wildman–Crippen MR) is 82.8 cm³/mol. The van der Waals surface area contributed by atoms with Gasteiger partial charge in [0.05, 0.1) is 26.6 Å². The van der Waals surface area contributed by atoms with Gasteiger partial charge in [0.25, 0.3) is 0 Å². The highest BCUT2D eigenvalue weighted by Gasteiger charge is 2.08. The lowest BCUT2D eigenvalue weighted by Gasteiger charge is -2.03. The number of aromatic carboxylic acids is 1. The summed E-state index contributed by atoms with van der Waals surface area (Å²) in [5.41, 5.74) is 2.22. The highest BCUT2D eigenvalue weighted by Crippen LogP contribution is 2.28. The van der Waals surface area contributed by atoms with Crippen LogP contribution in [0.15, 0.2) is 36.4 Å². The average molecular weight is 322 g/mol. The van der Waals surface area contributed by atoms with Crippen LogP contribution < -0.4 is 5.32 Å². The van der Waals surface area contributed by atoms with Crippen molar-refractivity contribution in [3.63, 3.8) is 0 Å². The second-order valence-corrected chi connectivity index (χ2v) is 5.19. The van der Waals surface area contributed by atoms with E-state index >= 15 is 0 Å². The number of hydrogen-bond acceptors (Lipinski definition) is 3. The molecule has 7 heteroatoms. The van der Waals surface area contributed by atoms with Crippen molar-refractivity contribution in [3.8, 4) is 0 Å². The molecule has 21 heavy (non-hydrogen) atoms. The summed E-state index contributed by atoms with van der Waals surface area (Å²) in [5, 5.41) is 12.8. The highest BCUT2D eigenvalue weighted by molar-refractivity contribution is 6.42. The SMILES string of the molecule is O=C(O)c1cccc(Nc2nc3cc(Cl)c(Cl)cc3[nH]2)c1. The Kier molecular flexibility index (Phi) is 3.45. The van der Waals surface area contributed by atoms with Crippen molar-refractivity contribution in [2.75, 3.05) is 5.32 Å². The quantitative estimate of drug-likeness (QED) is 0.671. The number of nitrogens with one attached hydrogen (secondary N) is 2. The molecule has 0 aliphatic heterocycles. The molecule has 0 atom stereocenters. The van der Waals surface area contributed by atoms with Gasteiger partial charge in [-0.25, -0.2) is 9.78 Å². The Labute approximate surface area is 129 Å². The molecule has 1 heterocycles. The van der Waals surface area contributed by atoms with Crippen LogP contribution in [0.3, 0.4) is 0 Å². The molecular weight excluding hydrogens is 313 g/mol. The van der Waals surface area contributed by atoms with E-state index in [1.807, 2.05) is 0 Å². The monoisotopic (exact) mass is 321 g/mol. The van der Waals surface area contributed by atoms with Gasteiger partial charge in [0.1, 0.15) is 0 Å². The molecule has 0 unspecified atom stereocenters. The van der Waals surface area contributed by atoms with E-state index in [4.69, 9.17) is 28.3 Å². The summed E-state index contributed by atoms with van der Waals surface area (Å²) >= 11 is 11.9. The summed E-state index contributed by atoms with van der Waals surface area (Å²) in [5.74, 6) is -0.507. The molecule has 2 aromatic carbocycles. The summed E-state index contributed by atoms with van der Waals surface area (Å²) in [7, 11) is 0. The Bertz CT molecular complexity index is 806. The summed E-state index contributed by atoms with van der Waals surface area (Å²) in [6.45, 7) is 0. The predicted octanol–water partition coefficient (Wildman–Crippen LogP) is 4.31. The molecule has 0 spiro atoms. The van der Waals surface area contributed by atoms with E-state index in [0.717, 1.165) is 5.52 Å². The first-order chi connectivity index (χ1) is 10.0. The van der Waals surface area contributed by atoms with Crippen LogP contribution in [0.4, 0.5) is 11.6 Å². The van der Waals surface area contributed by atoms with Crippen molar-refractivity contribution in [2.45, 2.75) is 0 Å². The average Bonchev–Trinajstić information content (AvgIpc) is 2.80. The number of carboxylic acids is 1. The topological polar surface area (TPSA) is 78.0 Å². The third-order valence-electron chi connectivity index (χ3n) is 2.90. The minimum Gasteiger partial charge on any atom is -0.478 e. The minimum atomic E-state index is -0.984. The fourth-order valence-electron chi connectivity index (χ4n) is 1.93. The van der Waals surface area contributed by atoms with Crippen molar-refractivity contribution in [3.05, 3.63) is 52.0 Å². The number of carbonyl (C=O) groups is 1. The van der Waals surface area contributed by atoms with E-state index in [-0.39, 0.29) is 5.56 Å². The Hall–Kier alpha value is -2.24. The third kappa shape index (κ3) is 2.79. The molecule has 0 aliphatic carbocycles. The number of fused-ring (bicyclic) bond motifs is 1. The lowest BCUT2D eigenvalue weighted by Crippen LogP contribution is -1.98. The van der Waals surface area contributed by atoms with Crippen LogP contribution in [0.1, 0.15) is 10.4 Å². The van der Waals surface area contributed by atoms with Crippen LogP contribution >= 0.6 is 23.2 Å². The van der Waals surface area contributed by atoms with Gasteiger partial charge in [-0.3, -0.25) is 0 Å². The van der Waals surface area contributed by atoms with Gasteiger partial charge in [-0.1, -0.05) is 29.3 Å². The molecule has 3 N–H and O–H groups in total. The number of benzene rings is 2. The fraction of sp³-hybridized carbons (Fsp3) is 0. The second kappa shape index (κ2) is 5.27. The Morgan fingerprint density at radius 3 is 2.71 bits per heavy atom. The first-order valence-electron chi connectivity index (χ1n) is 5.98. The van der Waals surface area contributed by atoms with Crippen LogP contribution in [0, 0.1) is 0 Å². The van der Waals surface area contributed by atoms with Crippen LogP contribution in [0.2, 0.25) is 10.0 Å². The number of anilines is 2. The van der Waals surface area contributed by atoms with Crippen molar-refractivity contribution in [2.24, 2.45) is 0 Å². The van der Waals surface area contributed by atoms with E-state index in [1.54, 1.807) is 24.3 Å². The molecule has 3 rings (SSSR count). The molecule has 1 aromatic heterocycles. The number of nitrogens with zero attached hydrogens (tertiary/aromatic N) is 1. The zero-order valence-electron chi connectivity index (χ0n) is 10.5. The van der Waals surface area contributed by atoms with Crippen LogP contribution in [-0.2, 0) is 0 Å². The summed E-state index contributed by atoms with van der Waals surface area (Å²) in [6, 6.07) is 9.79. The van der Waals surface area contributed by atoms with Crippen molar-refractivity contribution >= 4 is 51.8 Å². The molecule has 3 aromatic rings. The molecule has 0 amide bonds. The Morgan fingerprint density at radius 1 is 1.19 bits per heavy atom. The molecule has 0 saturated carbocycles. The molecule has 0 saturated heterocycles. The van der Waals surface area contributed by atoms with Gasteiger partial charge in [0.2, 0.25) is 5.95 Å². The number of rotatable bonds is 3. The van der Waals surface area contributed by atoms with Crippen molar-refractivity contribution in [1.29, 1.82) is 0 Å². The summed E-state index contributed by atoms with van der Waals surface area (Å²) < 4.78 is 0.